The highest BCUT2D eigenvalue weighted by Crippen LogP contribution is 2.18. The van der Waals surface area contributed by atoms with E-state index in [0.29, 0.717) is 18.0 Å². The molecular weight excluding hydrogens is 325 g/mol. The van der Waals surface area contributed by atoms with Crippen molar-refractivity contribution in [2.24, 2.45) is 5.73 Å². The van der Waals surface area contributed by atoms with Gasteiger partial charge in [-0.1, -0.05) is 42.5 Å². The maximum atomic E-state index is 13.9. The number of rotatable bonds is 8. The molecule has 136 valence electrons. The van der Waals surface area contributed by atoms with Crippen LogP contribution in [0.2, 0.25) is 0 Å². The summed E-state index contributed by atoms with van der Waals surface area (Å²) in [4.78, 5) is 3.88. The Hall–Kier alpha value is -2.30. The molecule has 0 radical (unpaired) electrons. The first-order valence-electron chi connectivity index (χ1n) is 9.17. The topological polar surface area (TPSA) is 50.9 Å². The molecule has 0 saturated carbocycles. The molecule has 0 aliphatic carbocycles. The Balaban J connectivity index is 1.47. The van der Waals surface area contributed by atoms with E-state index < -0.39 is 0 Å². The zero-order valence-electron chi connectivity index (χ0n) is 15.2. The van der Waals surface area contributed by atoms with E-state index in [9.17, 15) is 4.39 Å². The first-order valence-corrected chi connectivity index (χ1v) is 9.17. The van der Waals surface area contributed by atoms with Crippen LogP contribution >= 0.6 is 0 Å². The van der Waals surface area contributed by atoms with Crippen LogP contribution in [0.1, 0.15) is 30.9 Å². The molecule has 1 unspecified atom stereocenters. The van der Waals surface area contributed by atoms with Crippen LogP contribution in [0.3, 0.4) is 0 Å². The van der Waals surface area contributed by atoms with E-state index in [4.69, 9.17) is 5.73 Å². The van der Waals surface area contributed by atoms with Gasteiger partial charge in [0.2, 0.25) is 0 Å². The van der Waals surface area contributed by atoms with Crippen molar-refractivity contribution >= 4 is 10.8 Å². The Kier molecular flexibility index (Phi) is 6.31. The molecule has 4 heteroatoms. The number of hydrogen-bond acceptors (Lipinski definition) is 3. The van der Waals surface area contributed by atoms with Crippen molar-refractivity contribution in [2.75, 3.05) is 0 Å². The SMILES string of the molecule is C[C@H](CC(N)CCc1ccccc1)NCc1ccc2cncc(F)c2c1. The second kappa shape index (κ2) is 8.88. The molecule has 1 heterocycles. The summed E-state index contributed by atoms with van der Waals surface area (Å²) in [6, 6.07) is 16.7. The van der Waals surface area contributed by atoms with E-state index in [0.717, 1.165) is 30.2 Å². The van der Waals surface area contributed by atoms with Gasteiger partial charge >= 0.3 is 0 Å². The van der Waals surface area contributed by atoms with Crippen molar-refractivity contribution in [1.29, 1.82) is 0 Å². The molecule has 0 amide bonds. The average molecular weight is 351 g/mol. The van der Waals surface area contributed by atoms with E-state index in [2.05, 4.69) is 41.5 Å². The van der Waals surface area contributed by atoms with Crippen molar-refractivity contribution in [3.63, 3.8) is 0 Å². The largest absolute Gasteiger partial charge is 0.328 e. The summed E-state index contributed by atoms with van der Waals surface area (Å²) in [6.07, 6.45) is 5.84. The van der Waals surface area contributed by atoms with Gasteiger partial charge in [0.15, 0.2) is 0 Å². The Morgan fingerprint density at radius 2 is 1.88 bits per heavy atom. The van der Waals surface area contributed by atoms with Crippen LogP contribution in [-0.2, 0) is 13.0 Å². The zero-order chi connectivity index (χ0) is 18.4. The van der Waals surface area contributed by atoms with Crippen LogP contribution in [0, 0.1) is 5.82 Å². The third-order valence-corrected chi connectivity index (χ3v) is 4.73. The number of nitrogens with two attached hydrogens (primary N) is 1. The van der Waals surface area contributed by atoms with Crippen molar-refractivity contribution in [2.45, 2.75) is 44.8 Å². The van der Waals surface area contributed by atoms with Crippen LogP contribution in [0.25, 0.3) is 10.8 Å². The molecule has 2 aromatic carbocycles. The number of hydrogen-bond donors (Lipinski definition) is 2. The van der Waals surface area contributed by atoms with Gasteiger partial charge in [0, 0.05) is 35.6 Å². The monoisotopic (exact) mass is 351 g/mol. The number of benzene rings is 2. The quantitative estimate of drug-likeness (QED) is 0.639. The number of halogens is 1. The van der Waals surface area contributed by atoms with Gasteiger partial charge in [-0.2, -0.15) is 0 Å². The molecule has 26 heavy (non-hydrogen) atoms. The smallest absolute Gasteiger partial charge is 0.149 e. The van der Waals surface area contributed by atoms with Crippen molar-refractivity contribution in [3.05, 3.63) is 77.9 Å². The maximum Gasteiger partial charge on any atom is 0.149 e. The average Bonchev–Trinajstić information content (AvgIpc) is 2.66. The fraction of sp³-hybridized carbons (Fsp3) is 0.318. The Morgan fingerprint density at radius 3 is 2.69 bits per heavy atom. The minimum Gasteiger partial charge on any atom is -0.328 e. The van der Waals surface area contributed by atoms with E-state index in [1.54, 1.807) is 6.20 Å². The zero-order valence-corrected chi connectivity index (χ0v) is 15.2. The molecule has 3 N–H and O–H groups in total. The van der Waals surface area contributed by atoms with E-state index in [1.165, 1.54) is 11.8 Å². The highest BCUT2D eigenvalue weighted by Gasteiger charge is 2.10. The Labute approximate surface area is 154 Å². The molecule has 0 saturated heterocycles. The molecule has 3 nitrogen and oxygen atoms in total. The van der Waals surface area contributed by atoms with Crippen LogP contribution in [0.15, 0.2) is 60.9 Å². The van der Waals surface area contributed by atoms with E-state index in [1.807, 2.05) is 24.3 Å². The van der Waals surface area contributed by atoms with Gasteiger partial charge < -0.3 is 11.1 Å². The lowest BCUT2D eigenvalue weighted by Crippen LogP contribution is -2.33. The summed E-state index contributed by atoms with van der Waals surface area (Å²) in [5.74, 6) is -0.277. The molecular formula is C22H26FN3. The Bertz CT molecular complexity index is 835. The number of nitrogens with zero attached hydrogens (tertiary/aromatic N) is 1. The summed E-state index contributed by atoms with van der Waals surface area (Å²) < 4.78 is 13.9. The van der Waals surface area contributed by atoms with Gasteiger partial charge in [0.1, 0.15) is 5.82 Å². The minimum atomic E-state index is -0.277. The summed E-state index contributed by atoms with van der Waals surface area (Å²) in [7, 11) is 0. The second-order valence-electron chi connectivity index (χ2n) is 6.98. The van der Waals surface area contributed by atoms with Crippen molar-refractivity contribution in [1.82, 2.24) is 10.3 Å². The molecule has 0 aliphatic heterocycles. The molecule has 0 aliphatic rings. The van der Waals surface area contributed by atoms with E-state index in [-0.39, 0.29) is 11.9 Å². The fourth-order valence-electron chi connectivity index (χ4n) is 3.23. The second-order valence-corrected chi connectivity index (χ2v) is 6.98. The maximum absolute atomic E-state index is 13.9. The molecule has 3 aromatic rings. The standard InChI is InChI=1S/C22H26FN3/c1-16(11-20(24)10-8-17-5-3-2-4-6-17)26-13-18-7-9-19-14-25-15-22(23)21(19)12-18/h2-7,9,12,14-16,20,26H,8,10-11,13,24H2,1H3/t16-,20?/m1/s1. The normalized spacial score (nSPS) is 13.7. The number of fused-ring (bicyclic) bond motifs is 1. The fourth-order valence-corrected chi connectivity index (χ4v) is 3.23. The number of aromatic nitrogens is 1. The summed E-state index contributed by atoms with van der Waals surface area (Å²) >= 11 is 0. The molecule has 1 aromatic heterocycles. The lowest BCUT2D eigenvalue weighted by Gasteiger charge is -2.19. The highest BCUT2D eigenvalue weighted by molar-refractivity contribution is 5.82. The van der Waals surface area contributed by atoms with Crippen LogP contribution in [-0.4, -0.2) is 17.1 Å². The first kappa shape index (κ1) is 18.5. The van der Waals surface area contributed by atoms with Gasteiger partial charge in [-0.25, -0.2) is 4.39 Å². The highest BCUT2D eigenvalue weighted by atomic mass is 19.1. The van der Waals surface area contributed by atoms with Gasteiger partial charge in [-0.05, 0) is 43.4 Å². The van der Waals surface area contributed by atoms with Gasteiger partial charge in [0.25, 0.3) is 0 Å². The first-order chi connectivity index (χ1) is 12.6. The molecule has 2 atom stereocenters. The van der Waals surface area contributed by atoms with Gasteiger partial charge in [-0.15, -0.1) is 0 Å². The van der Waals surface area contributed by atoms with E-state index >= 15 is 0 Å². The molecule has 0 spiro atoms. The summed E-state index contributed by atoms with van der Waals surface area (Å²) in [6.45, 7) is 2.85. The van der Waals surface area contributed by atoms with Crippen LogP contribution in [0.5, 0.6) is 0 Å². The minimum absolute atomic E-state index is 0.165. The van der Waals surface area contributed by atoms with Crippen molar-refractivity contribution < 1.29 is 4.39 Å². The summed E-state index contributed by atoms with van der Waals surface area (Å²) in [5, 5.41) is 4.94. The number of nitrogens with one attached hydrogen (secondary N) is 1. The lowest BCUT2D eigenvalue weighted by atomic mass is 10.0. The lowest BCUT2D eigenvalue weighted by molar-refractivity contribution is 0.447. The van der Waals surface area contributed by atoms with Gasteiger partial charge in [0.05, 0.1) is 6.20 Å². The number of aryl methyl sites for hydroxylation is 1. The predicted molar refractivity (Wildman–Crippen MR) is 105 cm³/mol. The summed E-state index contributed by atoms with van der Waals surface area (Å²) in [5.41, 5.74) is 8.68. The third-order valence-electron chi connectivity index (χ3n) is 4.73. The van der Waals surface area contributed by atoms with Gasteiger partial charge in [-0.3, -0.25) is 4.98 Å². The molecule has 0 bridgehead atoms. The number of pyridine rings is 1. The molecule has 3 rings (SSSR count). The van der Waals surface area contributed by atoms with Crippen molar-refractivity contribution in [3.8, 4) is 0 Å². The molecule has 0 fully saturated rings. The van der Waals surface area contributed by atoms with Crippen LogP contribution in [0.4, 0.5) is 4.39 Å². The van der Waals surface area contributed by atoms with Crippen LogP contribution < -0.4 is 11.1 Å². The Morgan fingerprint density at radius 1 is 1.08 bits per heavy atom. The third kappa shape index (κ3) is 5.10. The predicted octanol–water partition coefficient (Wildman–Crippen LogP) is 4.20.